The van der Waals surface area contributed by atoms with E-state index in [0.29, 0.717) is 32.2 Å². The van der Waals surface area contributed by atoms with Crippen molar-refractivity contribution < 1.29 is 24.1 Å². The van der Waals surface area contributed by atoms with Crippen LogP contribution < -0.4 is 0 Å². The second kappa shape index (κ2) is 14.3. The topological polar surface area (TPSA) is 57.2 Å². The van der Waals surface area contributed by atoms with E-state index in [2.05, 4.69) is 0 Å². The maximum Gasteiger partial charge on any atom is 0.151 e. The summed E-state index contributed by atoms with van der Waals surface area (Å²) in [4.78, 5) is 0. The lowest BCUT2D eigenvalue weighted by atomic mass is 10.0. The average Bonchev–Trinajstić information content (AvgIpc) is 3.00. The molecule has 40 heavy (non-hydrogen) atoms. The van der Waals surface area contributed by atoms with Crippen LogP contribution in [0.15, 0.2) is 133 Å². The van der Waals surface area contributed by atoms with E-state index in [1.807, 2.05) is 121 Å². The standard InChI is InChI=1S/C35H34O5/c36-31-18-10-17-27(21-31)19-20-32-22-33(38-24-29-13-6-2-7-14-29)35(39-25-30-15-8-3-9-16-30)34(40-32)26-37-23-28-11-4-1-5-12-28/h1-22,33-36H,23-26H2/b20-19+/t33-,34-,35+/m1/s1. The van der Waals surface area contributed by atoms with Crippen molar-refractivity contribution in [1.82, 2.24) is 0 Å². The predicted octanol–water partition coefficient (Wildman–Crippen LogP) is 7.08. The number of phenolic OH excluding ortho intramolecular Hbond substituents is 1. The Morgan fingerprint density at radius 2 is 1.25 bits per heavy atom. The highest BCUT2D eigenvalue weighted by molar-refractivity contribution is 5.54. The van der Waals surface area contributed by atoms with Crippen LogP contribution in [-0.4, -0.2) is 30.0 Å². The molecule has 0 unspecified atom stereocenters. The molecule has 1 aliphatic rings. The first-order chi connectivity index (χ1) is 19.7. The van der Waals surface area contributed by atoms with Crippen molar-refractivity contribution in [1.29, 1.82) is 0 Å². The van der Waals surface area contributed by atoms with E-state index in [1.54, 1.807) is 12.1 Å². The fourth-order valence-electron chi connectivity index (χ4n) is 4.53. The van der Waals surface area contributed by atoms with Crippen LogP contribution in [0.4, 0.5) is 0 Å². The third-order valence-electron chi connectivity index (χ3n) is 6.58. The minimum atomic E-state index is -0.401. The van der Waals surface area contributed by atoms with Gasteiger partial charge in [-0.05, 0) is 46.5 Å². The molecule has 1 N–H and O–H groups in total. The molecule has 0 fully saturated rings. The van der Waals surface area contributed by atoms with Crippen LogP contribution in [0.3, 0.4) is 0 Å². The van der Waals surface area contributed by atoms with Crippen LogP contribution in [-0.2, 0) is 38.8 Å². The zero-order valence-corrected chi connectivity index (χ0v) is 22.3. The normalized spacial score (nSPS) is 18.8. The average molecular weight is 535 g/mol. The largest absolute Gasteiger partial charge is 0.508 e. The summed E-state index contributed by atoms with van der Waals surface area (Å²) in [6.07, 6.45) is 4.61. The molecule has 0 spiro atoms. The lowest BCUT2D eigenvalue weighted by molar-refractivity contribution is -0.151. The van der Waals surface area contributed by atoms with Gasteiger partial charge in [0.05, 0.1) is 26.4 Å². The Balaban J connectivity index is 1.37. The fourth-order valence-corrected chi connectivity index (χ4v) is 4.53. The Morgan fingerprint density at radius 3 is 1.88 bits per heavy atom. The van der Waals surface area contributed by atoms with Crippen molar-refractivity contribution in [2.24, 2.45) is 0 Å². The lowest BCUT2D eigenvalue weighted by Crippen LogP contribution is -2.47. The molecule has 0 amide bonds. The highest BCUT2D eigenvalue weighted by atomic mass is 16.6. The number of benzene rings is 4. The maximum atomic E-state index is 9.86. The second-order valence-corrected chi connectivity index (χ2v) is 9.68. The lowest BCUT2D eigenvalue weighted by Gasteiger charge is -2.36. The number of aromatic hydroxyl groups is 1. The summed E-state index contributed by atoms with van der Waals surface area (Å²) in [6, 6.07) is 37.4. The van der Waals surface area contributed by atoms with Crippen LogP contribution in [0.25, 0.3) is 6.08 Å². The molecule has 0 aromatic heterocycles. The Hall–Kier alpha value is -4.16. The smallest absolute Gasteiger partial charge is 0.151 e. The number of rotatable bonds is 12. The van der Waals surface area contributed by atoms with Gasteiger partial charge >= 0.3 is 0 Å². The molecule has 0 saturated heterocycles. The Morgan fingerprint density at radius 1 is 0.650 bits per heavy atom. The van der Waals surface area contributed by atoms with E-state index < -0.39 is 12.2 Å². The van der Waals surface area contributed by atoms with Crippen molar-refractivity contribution in [3.05, 3.63) is 155 Å². The van der Waals surface area contributed by atoms with Crippen LogP contribution >= 0.6 is 0 Å². The number of phenols is 1. The molecule has 5 rings (SSSR count). The third-order valence-corrected chi connectivity index (χ3v) is 6.58. The molecule has 3 atom stereocenters. The van der Waals surface area contributed by atoms with E-state index in [-0.39, 0.29) is 11.9 Å². The van der Waals surface area contributed by atoms with Gasteiger partial charge in [0.25, 0.3) is 0 Å². The van der Waals surface area contributed by atoms with Crippen molar-refractivity contribution >= 4 is 6.08 Å². The van der Waals surface area contributed by atoms with Crippen LogP contribution in [0.2, 0.25) is 0 Å². The zero-order valence-electron chi connectivity index (χ0n) is 22.3. The summed E-state index contributed by atoms with van der Waals surface area (Å²) in [6.45, 7) is 1.67. The van der Waals surface area contributed by atoms with Gasteiger partial charge in [-0.2, -0.15) is 0 Å². The van der Waals surface area contributed by atoms with Crippen molar-refractivity contribution in [3.8, 4) is 5.75 Å². The molecular formula is C35H34O5. The van der Waals surface area contributed by atoms with Crippen LogP contribution in [0.5, 0.6) is 5.75 Å². The van der Waals surface area contributed by atoms with Gasteiger partial charge in [0.2, 0.25) is 0 Å². The fraction of sp³-hybridized carbons (Fsp3) is 0.200. The Kier molecular flexibility index (Phi) is 9.79. The molecule has 4 aromatic rings. The predicted molar refractivity (Wildman–Crippen MR) is 156 cm³/mol. The molecule has 0 aliphatic carbocycles. The number of hydrogen-bond donors (Lipinski definition) is 1. The summed E-state index contributed by atoms with van der Waals surface area (Å²) in [5, 5.41) is 9.86. The van der Waals surface area contributed by atoms with Gasteiger partial charge in [0, 0.05) is 0 Å². The van der Waals surface area contributed by atoms with Gasteiger partial charge < -0.3 is 24.1 Å². The summed E-state index contributed by atoms with van der Waals surface area (Å²) < 4.78 is 25.5. The third kappa shape index (κ3) is 8.17. The van der Waals surface area contributed by atoms with E-state index in [4.69, 9.17) is 18.9 Å². The van der Waals surface area contributed by atoms with E-state index >= 15 is 0 Å². The summed E-state index contributed by atoms with van der Waals surface area (Å²) in [7, 11) is 0. The monoisotopic (exact) mass is 534 g/mol. The first-order valence-corrected chi connectivity index (χ1v) is 13.5. The quantitative estimate of drug-likeness (QED) is 0.211. The molecule has 5 heteroatoms. The van der Waals surface area contributed by atoms with Gasteiger partial charge in [-0.3, -0.25) is 0 Å². The van der Waals surface area contributed by atoms with Gasteiger partial charge in [-0.1, -0.05) is 109 Å². The van der Waals surface area contributed by atoms with E-state index in [1.165, 1.54) is 0 Å². The SMILES string of the molecule is Oc1cccc(/C=C/C2=C[C@@H](OCc3ccccc3)[C@H](OCc3ccccc3)[C@@H](COCc3ccccc3)O2)c1. The van der Waals surface area contributed by atoms with Gasteiger partial charge in [-0.15, -0.1) is 0 Å². The Bertz CT molecular complexity index is 1370. The summed E-state index contributed by atoms with van der Waals surface area (Å²) >= 11 is 0. The molecule has 0 radical (unpaired) electrons. The molecule has 5 nitrogen and oxygen atoms in total. The second-order valence-electron chi connectivity index (χ2n) is 9.68. The van der Waals surface area contributed by atoms with E-state index in [0.717, 1.165) is 22.3 Å². The summed E-state index contributed by atoms with van der Waals surface area (Å²) in [5.74, 6) is 0.876. The molecular weight excluding hydrogens is 500 g/mol. The molecule has 1 heterocycles. The van der Waals surface area contributed by atoms with Crippen LogP contribution in [0, 0.1) is 0 Å². The van der Waals surface area contributed by atoms with Gasteiger partial charge in [-0.25, -0.2) is 0 Å². The molecule has 204 valence electrons. The maximum absolute atomic E-state index is 9.86. The molecule has 0 saturated carbocycles. The minimum absolute atomic E-state index is 0.214. The Labute approximate surface area is 235 Å². The van der Waals surface area contributed by atoms with Gasteiger partial charge in [0.15, 0.2) is 6.10 Å². The van der Waals surface area contributed by atoms with Crippen molar-refractivity contribution in [2.45, 2.75) is 38.1 Å². The number of ether oxygens (including phenoxy) is 4. The zero-order chi connectivity index (χ0) is 27.4. The first kappa shape index (κ1) is 27.4. The minimum Gasteiger partial charge on any atom is -0.508 e. The number of allylic oxidation sites excluding steroid dienone is 1. The van der Waals surface area contributed by atoms with Gasteiger partial charge in [0.1, 0.15) is 23.7 Å². The van der Waals surface area contributed by atoms with Crippen LogP contribution in [0.1, 0.15) is 22.3 Å². The molecule has 0 bridgehead atoms. The highest BCUT2D eigenvalue weighted by Gasteiger charge is 2.36. The van der Waals surface area contributed by atoms with Crippen molar-refractivity contribution in [3.63, 3.8) is 0 Å². The first-order valence-electron chi connectivity index (χ1n) is 13.5. The van der Waals surface area contributed by atoms with Crippen molar-refractivity contribution in [2.75, 3.05) is 6.61 Å². The molecule has 1 aliphatic heterocycles. The van der Waals surface area contributed by atoms with E-state index in [9.17, 15) is 5.11 Å². The highest BCUT2D eigenvalue weighted by Crippen LogP contribution is 2.27. The molecule has 4 aromatic carbocycles. The number of hydrogen-bond acceptors (Lipinski definition) is 5. The summed E-state index contributed by atoms with van der Waals surface area (Å²) in [5.41, 5.74) is 4.12.